The number of anilines is 1. The summed E-state index contributed by atoms with van der Waals surface area (Å²) in [5, 5.41) is 14.8. The molecule has 0 saturated heterocycles. The first kappa shape index (κ1) is 25.3. The van der Waals surface area contributed by atoms with E-state index >= 15 is 0 Å². The molecule has 14 heteroatoms. The molecule has 2 N–H and O–H groups in total. The van der Waals surface area contributed by atoms with Crippen molar-refractivity contribution >= 4 is 34.8 Å². The van der Waals surface area contributed by atoms with Crippen molar-refractivity contribution in [3.8, 4) is 17.2 Å². The van der Waals surface area contributed by atoms with Gasteiger partial charge in [0.05, 0.1) is 28.6 Å². The molecule has 1 amide bonds. The predicted molar refractivity (Wildman–Crippen MR) is 126 cm³/mol. The van der Waals surface area contributed by atoms with Gasteiger partial charge < -0.3 is 10.4 Å². The molecule has 1 aromatic carbocycles. The zero-order valence-electron chi connectivity index (χ0n) is 18.5. The first-order valence-corrected chi connectivity index (χ1v) is 10.7. The Kier molecular flexibility index (Phi) is 7.15. The lowest BCUT2D eigenvalue weighted by atomic mass is 10.3. The highest BCUT2D eigenvalue weighted by Crippen LogP contribution is 2.25. The highest BCUT2D eigenvalue weighted by atomic mass is 35.5. The summed E-state index contributed by atoms with van der Waals surface area (Å²) in [6, 6.07) is 14.9. The summed E-state index contributed by atoms with van der Waals surface area (Å²) in [6.45, 7) is 0. The van der Waals surface area contributed by atoms with E-state index in [0.717, 1.165) is 11.4 Å². The van der Waals surface area contributed by atoms with Gasteiger partial charge in [-0.1, -0.05) is 29.8 Å². The van der Waals surface area contributed by atoms with Gasteiger partial charge in [0.2, 0.25) is 0 Å². The van der Waals surface area contributed by atoms with Crippen molar-refractivity contribution in [1.29, 1.82) is 0 Å². The van der Waals surface area contributed by atoms with Crippen LogP contribution in [0.1, 0.15) is 10.5 Å². The molecule has 4 aromatic heterocycles. The average Bonchev–Trinajstić information content (AvgIpc) is 3.51. The monoisotopic (exact) mass is 529 g/mol. The van der Waals surface area contributed by atoms with Crippen molar-refractivity contribution in [3.05, 3.63) is 90.2 Å². The van der Waals surface area contributed by atoms with E-state index in [4.69, 9.17) is 21.5 Å². The number of carboxylic acid groups (broad SMARTS) is 1. The largest absolute Gasteiger partial charge is 0.490 e. The molecule has 0 unspecified atom stereocenters. The minimum atomic E-state index is -5.08. The van der Waals surface area contributed by atoms with Gasteiger partial charge in [-0.15, -0.1) is 0 Å². The van der Waals surface area contributed by atoms with E-state index in [0.29, 0.717) is 22.2 Å². The zero-order chi connectivity index (χ0) is 26.6. The third-order valence-corrected chi connectivity index (χ3v) is 4.97. The number of carboxylic acids is 1. The SMILES string of the molecule is O=C(Nc1ccc(Cl)cn1)c1nc(-c2ccnn2-c2ccccc2)n2ccncc12.O=C(O)C(F)(F)F. The molecule has 10 nitrogen and oxygen atoms in total. The van der Waals surface area contributed by atoms with E-state index in [-0.39, 0.29) is 5.69 Å². The van der Waals surface area contributed by atoms with Crippen molar-refractivity contribution < 1.29 is 27.9 Å². The number of aliphatic carboxylic acids is 1. The van der Waals surface area contributed by atoms with Crippen molar-refractivity contribution in [2.24, 2.45) is 0 Å². The Morgan fingerprint density at radius 2 is 1.73 bits per heavy atom. The van der Waals surface area contributed by atoms with Gasteiger partial charge in [-0.05, 0) is 30.3 Å². The lowest BCUT2D eigenvalue weighted by molar-refractivity contribution is -0.192. The number of amides is 1. The molecule has 188 valence electrons. The summed E-state index contributed by atoms with van der Waals surface area (Å²) in [5.41, 5.74) is 2.43. The maximum Gasteiger partial charge on any atom is 0.490 e. The van der Waals surface area contributed by atoms with Crippen LogP contribution < -0.4 is 5.32 Å². The molecule has 0 fully saturated rings. The minimum absolute atomic E-state index is 0.232. The van der Waals surface area contributed by atoms with Gasteiger partial charge in [-0.3, -0.25) is 14.2 Å². The number of para-hydroxylation sites is 1. The molecule has 0 aliphatic heterocycles. The summed E-state index contributed by atoms with van der Waals surface area (Å²) in [4.78, 5) is 34.7. The van der Waals surface area contributed by atoms with E-state index in [2.05, 4.69) is 25.4 Å². The van der Waals surface area contributed by atoms with Crippen LogP contribution >= 0.6 is 11.6 Å². The smallest absolute Gasteiger partial charge is 0.475 e. The fourth-order valence-corrected chi connectivity index (χ4v) is 3.27. The molecule has 0 saturated carbocycles. The second-order valence-electron chi connectivity index (χ2n) is 7.20. The molecular formula is C23H15ClF3N7O3. The average molecular weight is 530 g/mol. The summed E-state index contributed by atoms with van der Waals surface area (Å²) in [7, 11) is 0. The van der Waals surface area contributed by atoms with Crippen LogP contribution in [0.4, 0.5) is 19.0 Å². The number of benzene rings is 1. The number of fused-ring (bicyclic) bond motifs is 1. The van der Waals surface area contributed by atoms with E-state index in [9.17, 15) is 18.0 Å². The Balaban J connectivity index is 0.000000405. The number of carbonyl (C=O) groups excluding carboxylic acids is 1. The molecule has 5 aromatic rings. The van der Waals surface area contributed by atoms with Gasteiger partial charge in [-0.25, -0.2) is 19.4 Å². The van der Waals surface area contributed by atoms with Crippen LogP contribution in [0.15, 0.2) is 79.5 Å². The van der Waals surface area contributed by atoms with Gasteiger partial charge in [0.15, 0.2) is 11.5 Å². The number of imidazole rings is 1. The standard InChI is InChI=1S/C21H14ClN7O.C2HF3O2/c22-14-6-7-18(24-12-14)26-21(30)19-17-13-23-10-11-28(17)20(27-19)16-8-9-25-29(16)15-4-2-1-3-5-15;3-2(4,5)1(6)7/h1-13H,(H,24,26,30);(H,6,7). The van der Waals surface area contributed by atoms with Gasteiger partial charge in [0.25, 0.3) is 5.91 Å². The molecule has 4 heterocycles. The Morgan fingerprint density at radius 3 is 2.38 bits per heavy atom. The molecule has 0 spiro atoms. The Bertz CT molecular complexity index is 1550. The van der Waals surface area contributed by atoms with Crippen LogP contribution in [0.3, 0.4) is 0 Å². The summed E-state index contributed by atoms with van der Waals surface area (Å²) in [5.74, 6) is -2.20. The fraction of sp³-hybridized carbons (Fsp3) is 0.0435. The van der Waals surface area contributed by atoms with Gasteiger partial charge in [-0.2, -0.15) is 18.3 Å². The van der Waals surface area contributed by atoms with E-state index in [1.807, 2.05) is 40.8 Å². The second-order valence-corrected chi connectivity index (χ2v) is 7.63. The molecule has 5 rings (SSSR count). The quantitative estimate of drug-likeness (QED) is 0.350. The number of carbonyl (C=O) groups is 2. The van der Waals surface area contributed by atoms with E-state index in [1.165, 1.54) is 6.20 Å². The Hall–Kier alpha value is -4.78. The topological polar surface area (TPSA) is 127 Å². The van der Waals surface area contributed by atoms with Crippen LogP contribution in [0, 0.1) is 0 Å². The normalized spacial score (nSPS) is 11.0. The van der Waals surface area contributed by atoms with E-state index < -0.39 is 18.1 Å². The molecule has 0 atom stereocenters. The van der Waals surface area contributed by atoms with Crippen LogP contribution in [0.25, 0.3) is 22.7 Å². The van der Waals surface area contributed by atoms with Crippen LogP contribution in [-0.2, 0) is 4.79 Å². The van der Waals surface area contributed by atoms with Crippen LogP contribution in [-0.4, -0.2) is 52.3 Å². The van der Waals surface area contributed by atoms with Crippen LogP contribution in [0.2, 0.25) is 5.02 Å². The maximum atomic E-state index is 12.9. The fourth-order valence-electron chi connectivity index (χ4n) is 3.16. The number of rotatable bonds is 4. The highest BCUT2D eigenvalue weighted by Gasteiger charge is 2.38. The highest BCUT2D eigenvalue weighted by molar-refractivity contribution is 6.30. The van der Waals surface area contributed by atoms with Crippen molar-refractivity contribution in [2.75, 3.05) is 5.32 Å². The Morgan fingerprint density at radius 1 is 1.00 bits per heavy atom. The van der Waals surface area contributed by atoms with E-state index in [1.54, 1.807) is 41.6 Å². The summed E-state index contributed by atoms with van der Waals surface area (Å²) < 4.78 is 35.3. The lowest BCUT2D eigenvalue weighted by Gasteiger charge is -2.06. The van der Waals surface area contributed by atoms with Crippen molar-refractivity contribution in [1.82, 2.24) is 29.1 Å². The summed E-state index contributed by atoms with van der Waals surface area (Å²) in [6.07, 6.45) is 3.08. The number of alkyl halides is 3. The Labute approximate surface area is 211 Å². The number of nitrogens with one attached hydrogen (secondary N) is 1. The molecule has 0 aliphatic carbocycles. The van der Waals surface area contributed by atoms with Crippen LogP contribution in [0.5, 0.6) is 0 Å². The van der Waals surface area contributed by atoms with Gasteiger partial charge in [0, 0.05) is 18.6 Å². The lowest BCUT2D eigenvalue weighted by Crippen LogP contribution is -2.21. The number of pyridine rings is 1. The number of nitrogens with zero attached hydrogens (tertiary/aromatic N) is 6. The first-order chi connectivity index (χ1) is 17.6. The molecule has 0 aliphatic rings. The molecule has 37 heavy (non-hydrogen) atoms. The number of hydrogen-bond donors (Lipinski definition) is 2. The van der Waals surface area contributed by atoms with Gasteiger partial charge >= 0.3 is 12.1 Å². The molecular weight excluding hydrogens is 515 g/mol. The van der Waals surface area contributed by atoms with Crippen molar-refractivity contribution in [2.45, 2.75) is 6.18 Å². The zero-order valence-corrected chi connectivity index (χ0v) is 19.2. The third-order valence-electron chi connectivity index (χ3n) is 4.75. The molecule has 0 radical (unpaired) electrons. The molecule has 0 bridgehead atoms. The number of hydrogen-bond acceptors (Lipinski definition) is 6. The minimum Gasteiger partial charge on any atom is -0.475 e. The number of aromatic nitrogens is 6. The van der Waals surface area contributed by atoms with Crippen molar-refractivity contribution in [3.63, 3.8) is 0 Å². The third kappa shape index (κ3) is 5.73. The number of halogens is 4. The summed E-state index contributed by atoms with van der Waals surface area (Å²) >= 11 is 5.86. The first-order valence-electron chi connectivity index (χ1n) is 10.3. The van der Waals surface area contributed by atoms with Gasteiger partial charge in [0.1, 0.15) is 11.5 Å². The predicted octanol–water partition coefficient (Wildman–Crippen LogP) is 4.52. The maximum absolute atomic E-state index is 12.9. The second kappa shape index (κ2) is 10.5.